The summed E-state index contributed by atoms with van der Waals surface area (Å²) in [7, 11) is -3.70. The van der Waals surface area contributed by atoms with Gasteiger partial charge in [0.15, 0.2) is 6.61 Å². The Labute approximate surface area is 183 Å². The van der Waals surface area contributed by atoms with Crippen LogP contribution in [0.5, 0.6) is 5.75 Å². The van der Waals surface area contributed by atoms with Crippen molar-refractivity contribution < 1.29 is 22.7 Å². The molecule has 2 aromatic carbocycles. The maximum Gasteiger partial charge on any atom is 0.261 e. The number of nitrogens with zero attached hydrogens (tertiary/aromatic N) is 1. The third-order valence-corrected chi connectivity index (χ3v) is 6.28. The van der Waals surface area contributed by atoms with Gasteiger partial charge >= 0.3 is 0 Å². The molecule has 1 heterocycles. The summed E-state index contributed by atoms with van der Waals surface area (Å²) in [5.41, 5.74) is 1.54. The predicted octanol–water partition coefficient (Wildman–Crippen LogP) is 2.01. The first-order valence-electron chi connectivity index (χ1n) is 10.3. The van der Waals surface area contributed by atoms with Crippen molar-refractivity contribution in [3.8, 4) is 5.75 Å². The molecule has 1 aliphatic heterocycles. The minimum Gasteiger partial charge on any atom is -0.484 e. The highest BCUT2D eigenvalue weighted by Crippen LogP contribution is 2.19. The predicted molar refractivity (Wildman–Crippen MR) is 119 cm³/mol. The van der Waals surface area contributed by atoms with Crippen LogP contribution in [0.2, 0.25) is 0 Å². The fourth-order valence-corrected chi connectivity index (χ4v) is 4.16. The van der Waals surface area contributed by atoms with Gasteiger partial charge in [-0.1, -0.05) is 17.7 Å². The molecule has 1 fully saturated rings. The zero-order chi connectivity index (χ0) is 22.1. The third kappa shape index (κ3) is 7.54. The summed E-state index contributed by atoms with van der Waals surface area (Å²) in [5.74, 6) is 0.220. The van der Waals surface area contributed by atoms with Crippen LogP contribution in [0.1, 0.15) is 12.0 Å². The van der Waals surface area contributed by atoms with Crippen LogP contribution >= 0.6 is 0 Å². The van der Waals surface area contributed by atoms with E-state index >= 15 is 0 Å². The van der Waals surface area contributed by atoms with Gasteiger partial charge in [-0.05, 0) is 56.3 Å². The first-order chi connectivity index (χ1) is 14.9. The third-order valence-electron chi connectivity index (χ3n) is 4.88. The largest absolute Gasteiger partial charge is 0.484 e. The van der Waals surface area contributed by atoms with Crippen molar-refractivity contribution in [2.45, 2.75) is 18.2 Å². The van der Waals surface area contributed by atoms with E-state index in [0.717, 1.165) is 44.8 Å². The smallest absolute Gasteiger partial charge is 0.261 e. The van der Waals surface area contributed by atoms with Crippen LogP contribution in [-0.2, 0) is 19.6 Å². The summed E-state index contributed by atoms with van der Waals surface area (Å²) in [6, 6.07) is 13.1. The van der Waals surface area contributed by atoms with Gasteiger partial charge in [-0.3, -0.25) is 14.4 Å². The fourth-order valence-electron chi connectivity index (χ4n) is 3.11. The van der Waals surface area contributed by atoms with E-state index in [4.69, 9.17) is 9.47 Å². The van der Waals surface area contributed by atoms with Crippen molar-refractivity contribution in [3.63, 3.8) is 0 Å². The zero-order valence-electron chi connectivity index (χ0n) is 17.7. The molecule has 0 aromatic heterocycles. The highest BCUT2D eigenvalue weighted by molar-refractivity contribution is 7.92. The molecular formula is C22H29N3O5S. The molecule has 0 atom stereocenters. The van der Waals surface area contributed by atoms with Gasteiger partial charge in [0.2, 0.25) is 0 Å². The number of hydrogen-bond donors (Lipinski definition) is 2. The summed E-state index contributed by atoms with van der Waals surface area (Å²) in [4.78, 5) is 14.4. The molecule has 2 aromatic rings. The Morgan fingerprint density at radius 2 is 1.74 bits per heavy atom. The topological polar surface area (TPSA) is 97.0 Å². The monoisotopic (exact) mass is 447 g/mol. The first-order valence-corrected chi connectivity index (χ1v) is 11.8. The minimum atomic E-state index is -3.70. The average molecular weight is 448 g/mol. The number of carbonyl (C=O) groups is 1. The van der Waals surface area contributed by atoms with Gasteiger partial charge in [0.25, 0.3) is 15.9 Å². The summed E-state index contributed by atoms with van der Waals surface area (Å²) in [5, 5.41) is 2.83. The Kier molecular flexibility index (Phi) is 8.27. The molecule has 2 N–H and O–H groups in total. The number of anilines is 1. The molecule has 8 nitrogen and oxygen atoms in total. The minimum absolute atomic E-state index is 0.119. The molecule has 0 spiro atoms. The SMILES string of the molecule is Cc1ccc(NS(=O)(=O)c2ccc(OCC(=O)NCCCN3CCOCC3)cc2)cc1. The Hall–Kier alpha value is -2.62. The second-order valence-electron chi connectivity index (χ2n) is 7.39. The van der Waals surface area contributed by atoms with Crippen molar-refractivity contribution in [2.24, 2.45) is 0 Å². The molecule has 0 radical (unpaired) electrons. The van der Waals surface area contributed by atoms with Gasteiger partial charge in [-0.2, -0.15) is 0 Å². The number of hydrogen-bond acceptors (Lipinski definition) is 6. The Balaban J connectivity index is 1.40. The lowest BCUT2D eigenvalue weighted by Gasteiger charge is -2.26. The first kappa shape index (κ1) is 23.1. The van der Waals surface area contributed by atoms with Crippen molar-refractivity contribution in [1.29, 1.82) is 0 Å². The van der Waals surface area contributed by atoms with Crippen LogP contribution < -0.4 is 14.8 Å². The number of aryl methyl sites for hydroxylation is 1. The zero-order valence-corrected chi connectivity index (χ0v) is 18.5. The van der Waals surface area contributed by atoms with E-state index in [1.54, 1.807) is 12.1 Å². The van der Waals surface area contributed by atoms with E-state index in [2.05, 4.69) is 14.9 Å². The number of ether oxygens (including phenoxy) is 2. The highest BCUT2D eigenvalue weighted by atomic mass is 32.2. The van der Waals surface area contributed by atoms with E-state index in [1.165, 1.54) is 24.3 Å². The molecule has 0 unspecified atom stereocenters. The lowest BCUT2D eigenvalue weighted by molar-refractivity contribution is -0.123. The Morgan fingerprint density at radius 3 is 2.42 bits per heavy atom. The van der Waals surface area contributed by atoms with Crippen LogP contribution in [0.15, 0.2) is 53.4 Å². The van der Waals surface area contributed by atoms with Crippen molar-refractivity contribution in [3.05, 3.63) is 54.1 Å². The number of morpholine rings is 1. The molecule has 3 rings (SSSR count). The molecule has 9 heteroatoms. The van der Waals surface area contributed by atoms with Gasteiger partial charge in [-0.25, -0.2) is 8.42 Å². The molecule has 31 heavy (non-hydrogen) atoms. The molecular weight excluding hydrogens is 418 g/mol. The number of sulfonamides is 1. The highest BCUT2D eigenvalue weighted by Gasteiger charge is 2.14. The lowest BCUT2D eigenvalue weighted by atomic mass is 10.2. The standard InChI is InChI=1S/C22H29N3O5S/c1-18-3-5-19(6-4-18)24-31(27,28)21-9-7-20(8-10-21)30-17-22(26)23-11-2-12-25-13-15-29-16-14-25/h3-10,24H,2,11-17H2,1H3,(H,23,26). The number of carbonyl (C=O) groups excluding carboxylic acids is 1. The number of benzene rings is 2. The molecule has 1 aliphatic rings. The van der Waals surface area contributed by atoms with Crippen molar-refractivity contribution in [1.82, 2.24) is 10.2 Å². The molecule has 0 aliphatic carbocycles. The number of nitrogens with one attached hydrogen (secondary N) is 2. The van der Waals surface area contributed by atoms with E-state index in [-0.39, 0.29) is 17.4 Å². The van der Waals surface area contributed by atoms with Crippen LogP contribution in [0.4, 0.5) is 5.69 Å². The van der Waals surface area contributed by atoms with Crippen molar-refractivity contribution >= 4 is 21.6 Å². The summed E-state index contributed by atoms with van der Waals surface area (Å²) < 4.78 is 38.3. The maximum atomic E-state index is 12.5. The quantitative estimate of drug-likeness (QED) is 0.541. The normalized spacial score (nSPS) is 14.7. The van der Waals surface area contributed by atoms with Gasteiger partial charge in [-0.15, -0.1) is 0 Å². The maximum absolute atomic E-state index is 12.5. The summed E-state index contributed by atoms with van der Waals surface area (Å²) in [6.07, 6.45) is 0.867. The molecule has 1 amide bonds. The molecule has 168 valence electrons. The van der Waals surface area contributed by atoms with Crippen molar-refractivity contribution in [2.75, 3.05) is 50.7 Å². The molecule has 0 bridgehead atoms. The Morgan fingerprint density at radius 1 is 1.06 bits per heavy atom. The average Bonchev–Trinajstić information content (AvgIpc) is 2.78. The lowest BCUT2D eigenvalue weighted by Crippen LogP contribution is -2.38. The van der Waals surface area contributed by atoms with E-state index in [1.807, 2.05) is 19.1 Å². The fraction of sp³-hybridized carbons (Fsp3) is 0.409. The van der Waals surface area contributed by atoms with Crippen LogP contribution in [0, 0.1) is 6.92 Å². The summed E-state index contributed by atoms with van der Waals surface area (Å²) >= 11 is 0. The van der Waals surface area contributed by atoms with Gasteiger partial charge in [0, 0.05) is 25.3 Å². The van der Waals surface area contributed by atoms with E-state index in [0.29, 0.717) is 18.0 Å². The van der Waals surface area contributed by atoms with Crippen LogP contribution in [0.3, 0.4) is 0 Å². The molecule has 0 saturated carbocycles. The van der Waals surface area contributed by atoms with E-state index < -0.39 is 10.0 Å². The number of amides is 1. The van der Waals surface area contributed by atoms with E-state index in [9.17, 15) is 13.2 Å². The second kappa shape index (κ2) is 11.1. The van der Waals surface area contributed by atoms with Crippen LogP contribution in [0.25, 0.3) is 0 Å². The molecule has 1 saturated heterocycles. The number of rotatable bonds is 10. The van der Waals surface area contributed by atoms with Crippen LogP contribution in [-0.4, -0.2) is 65.2 Å². The Bertz CT molecular complexity index is 940. The van der Waals surface area contributed by atoms with Gasteiger partial charge < -0.3 is 14.8 Å². The van der Waals surface area contributed by atoms with Gasteiger partial charge in [0.1, 0.15) is 5.75 Å². The second-order valence-corrected chi connectivity index (χ2v) is 9.07. The van der Waals surface area contributed by atoms with Gasteiger partial charge in [0.05, 0.1) is 18.1 Å². The summed E-state index contributed by atoms with van der Waals surface area (Å²) in [6.45, 7) is 6.73.